The fraction of sp³-hybridized carbons (Fsp3) is 0.333. The first-order valence-electron chi connectivity index (χ1n) is 8.86. The van der Waals surface area contributed by atoms with Crippen LogP contribution in [0.1, 0.15) is 64.1 Å². The smallest absolute Gasteiger partial charge is 0.338 e. The monoisotopic (exact) mass is 365 g/mol. The number of fused-ring (bicyclic) bond motifs is 1. The normalized spacial score (nSPS) is 12.6. The van der Waals surface area contributed by atoms with Crippen LogP contribution in [0.5, 0.6) is 0 Å². The molecule has 0 saturated carbocycles. The molecule has 2 aromatic rings. The molecule has 0 spiro atoms. The van der Waals surface area contributed by atoms with Gasteiger partial charge in [0, 0.05) is 31.8 Å². The predicted octanol–water partition coefficient (Wildman–Crippen LogP) is 2.95. The number of ether oxygens (including phenoxy) is 1. The molecular weight excluding hydrogens is 342 g/mol. The fourth-order valence-electron chi connectivity index (χ4n) is 2.94. The van der Waals surface area contributed by atoms with Crippen LogP contribution < -0.4 is 5.32 Å². The maximum absolute atomic E-state index is 12.5. The van der Waals surface area contributed by atoms with E-state index in [9.17, 15) is 9.59 Å². The molecule has 0 unspecified atom stereocenters. The molecule has 2 heterocycles. The van der Waals surface area contributed by atoms with Gasteiger partial charge >= 0.3 is 5.97 Å². The zero-order valence-electron chi connectivity index (χ0n) is 16.0. The van der Waals surface area contributed by atoms with Gasteiger partial charge in [-0.15, -0.1) is 0 Å². The Balaban J connectivity index is 1.98. The zero-order chi connectivity index (χ0) is 19.6. The summed E-state index contributed by atoms with van der Waals surface area (Å²) in [5.41, 5.74) is 3.69. The quantitative estimate of drug-likeness (QED) is 0.843. The zero-order valence-corrected chi connectivity index (χ0v) is 16.0. The van der Waals surface area contributed by atoms with E-state index in [1.165, 1.54) is 13.1 Å². The van der Waals surface area contributed by atoms with Crippen molar-refractivity contribution in [1.29, 1.82) is 0 Å². The van der Waals surface area contributed by atoms with Crippen molar-refractivity contribution >= 4 is 18.0 Å². The molecule has 1 N–H and O–H groups in total. The van der Waals surface area contributed by atoms with E-state index in [-0.39, 0.29) is 11.6 Å². The van der Waals surface area contributed by atoms with Gasteiger partial charge in [0.25, 0.3) is 5.91 Å². The summed E-state index contributed by atoms with van der Waals surface area (Å²) in [6, 6.07) is 5.09. The van der Waals surface area contributed by atoms with Gasteiger partial charge in [-0.25, -0.2) is 9.78 Å². The van der Waals surface area contributed by atoms with Crippen molar-refractivity contribution < 1.29 is 14.3 Å². The Labute approximate surface area is 158 Å². The third kappa shape index (κ3) is 4.39. The number of rotatable bonds is 4. The lowest BCUT2D eigenvalue weighted by Crippen LogP contribution is -2.25. The number of allylic oxidation sites excluding steroid dienone is 1. The second kappa shape index (κ2) is 7.31. The molecule has 2 aromatic heterocycles. The lowest BCUT2D eigenvalue weighted by molar-refractivity contribution is 0.00692. The van der Waals surface area contributed by atoms with E-state index in [2.05, 4.69) is 27.4 Å². The average Bonchev–Trinajstić information content (AvgIpc) is 3.09. The summed E-state index contributed by atoms with van der Waals surface area (Å²) < 4.78 is 5.45. The van der Waals surface area contributed by atoms with Crippen LogP contribution in [0, 0.1) is 0 Å². The average molecular weight is 365 g/mol. The van der Waals surface area contributed by atoms with Gasteiger partial charge in [0.1, 0.15) is 11.3 Å². The lowest BCUT2D eigenvalue weighted by atomic mass is 10.0. The molecule has 27 heavy (non-hydrogen) atoms. The molecule has 0 bridgehead atoms. The molecule has 140 valence electrons. The maximum atomic E-state index is 12.5. The summed E-state index contributed by atoms with van der Waals surface area (Å²) in [4.78, 5) is 33.5. The van der Waals surface area contributed by atoms with Crippen LogP contribution in [0.15, 0.2) is 30.5 Å². The van der Waals surface area contributed by atoms with Crippen molar-refractivity contribution in [2.24, 2.45) is 0 Å². The van der Waals surface area contributed by atoms with Crippen molar-refractivity contribution in [2.45, 2.75) is 39.2 Å². The van der Waals surface area contributed by atoms with E-state index in [0.717, 1.165) is 23.2 Å². The highest BCUT2D eigenvalue weighted by Crippen LogP contribution is 2.24. The van der Waals surface area contributed by atoms with Gasteiger partial charge in [0.2, 0.25) is 0 Å². The summed E-state index contributed by atoms with van der Waals surface area (Å²) in [6.07, 6.45) is 7.21. The summed E-state index contributed by atoms with van der Waals surface area (Å²) in [5.74, 6) is -0.822. The van der Waals surface area contributed by atoms with Crippen molar-refractivity contribution in [1.82, 2.24) is 15.3 Å². The molecule has 0 saturated heterocycles. The second-order valence-electron chi connectivity index (χ2n) is 7.43. The van der Waals surface area contributed by atoms with Crippen LogP contribution in [0.2, 0.25) is 0 Å². The van der Waals surface area contributed by atoms with Gasteiger partial charge in [-0.1, -0.05) is 12.2 Å². The number of amides is 1. The molecule has 0 aliphatic heterocycles. The minimum atomic E-state index is -0.621. The summed E-state index contributed by atoms with van der Waals surface area (Å²) in [7, 11) is 1.53. The van der Waals surface area contributed by atoms with Crippen molar-refractivity contribution in [3.8, 4) is 0 Å². The Kier molecular flexibility index (Phi) is 5.08. The van der Waals surface area contributed by atoms with Crippen LogP contribution in [0.3, 0.4) is 0 Å². The largest absolute Gasteiger partial charge is 0.456 e. The number of carbonyl (C=O) groups is 2. The minimum absolute atomic E-state index is 0.192. The van der Waals surface area contributed by atoms with Crippen LogP contribution in [0.4, 0.5) is 0 Å². The number of aromatic nitrogens is 2. The standard InChI is InChI=1S/C21H23N3O3/c1-21(2,3)27-20(26)14-11-15(24-18(12-14)19(25)22-4)10-13-8-9-23-17-7-5-6-16(13)17/h5-6,8-9,11-12H,7,10H2,1-4H3,(H,22,25). The molecule has 3 rings (SSSR count). The van der Waals surface area contributed by atoms with Crippen LogP contribution >= 0.6 is 0 Å². The number of carbonyl (C=O) groups excluding carboxylic acids is 2. The summed E-state index contributed by atoms with van der Waals surface area (Å²) >= 11 is 0. The molecular formula is C21H23N3O3. The van der Waals surface area contributed by atoms with E-state index in [0.29, 0.717) is 17.7 Å². The molecule has 0 radical (unpaired) electrons. The van der Waals surface area contributed by atoms with Gasteiger partial charge < -0.3 is 10.1 Å². The third-order valence-corrected chi connectivity index (χ3v) is 4.10. The van der Waals surface area contributed by atoms with E-state index in [4.69, 9.17) is 4.74 Å². The maximum Gasteiger partial charge on any atom is 0.338 e. The van der Waals surface area contributed by atoms with E-state index < -0.39 is 11.6 Å². The van der Waals surface area contributed by atoms with Gasteiger partial charge in [-0.05, 0) is 50.1 Å². The fourth-order valence-corrected chi connectivity index (χ4v) is 2.94. The molecule has 6 nitrogen and oxygen atoms in total. The Morgan fingerprint density at radius 2 is 2.04 bits per heavy atom. The van der Waals surface area contributed by atoms with Gasteiger partial charge in [0.15, 0.2) is 0 Å². The molecule has 1 aliphatic rings. The van der Waals surface area contributed by atoms with Crippen LogP contribution in [-0.4, -0.2) is 34.5 Å². The Morgan fingerprint density at radius 3 is 2.74 bits per heavy atom. The van der Waals surface area contributed by atoms with E-state index in [1.807, 2.05) is 6.07 Å². The molecule has 1 amide bonds. The number of hydrogen-bond donors (Lipinski definition) is 1. The first-order valence-corrected chi connectivity index (χ1v) is 8.86. The number of pyridine rings is 2. The number of nitrogens with one attached hydrogen (secondary N) is 1. The Morgan fingerprint density at radius 1 is 1.26 bits per heavy atom. The summed E-state index contributed by atoms with van der Waals surface area (Å²) in [6.45, 7) is 5.41. The van der Waals surface area contributed by atoms with Gasteiger partial charge in [-0.3, -0.25) is 9.78 Å². The van der Waals surface area contributed by atoms with Crippen molar-refractivity contribution in [3.63, 3.8) is 0 Å². The first kappa shape index (κ1) is 18.8. The highest BCUT2D eigenvalue weighted by Gasteiger charge is 2.21. The van der Waals surface area contributed by atoms with E-state index in [1.54, 1.807) is 33.0 Å². The molecule has 0 aromatic carbocycles. The molecule has 0 fully saturated rings. The number of nitrogens with zero attached hydrogens (tertiary/aromatic N) is 2. The third-order valence-electron chi connectivity index (χ3n) is 4.10. The topological polar surface area (TPSA) is 81.2 Å². The molecule has 0 atom stereocenters. The second-order valence-corrected chi connectivity index (χ2v) is 7.43. The SMILES string of the molecule is CNC(=O)c1cc(C(=O)OC(C)(C)C)cc(Cc2ccnc3c2C=CC3)n1. The Hall–Kier alpha value is -3.02. The minimum Gasteiger partial charge on any atom is -0.456 e. The molecule has 1 aliphatic carbocycles. The lowest BCUT2D eigenvalue weighted by Gasteiger charge is -2.20. The van der Waals surface area contributed by atoms with Crippen LogP contribution in [-0.2, 0) is 17.6 Å². The van der Waals surface area contributed by atoms with Crippen molar-refractivity contribution in [3.05, 3.63) is 64.2 Å². The molecule has 6 heteroatoms. The highest BCUT2D eigenvalue weighted by molar-refractivity contribution is 5.96. The van der Waals surface area contributed by atoms with Gasteiger partial charge in [-0.2, -0.15) is 0 Å². The summed E-state index contributed by atoms with van der Waals surface area (Å²) in [5, 5.41) is 2.55. The first-order chi connectivity index (χ1) is 12.8. The van der Waals surface area contributed by atoms with E-state index >= 15 is 0 Å². The highest BCUT2D eigenvalue weighted by atomic mass is 16.6. The van der Waals surface area contributed by atoms with Crippen LogP contribution in [0.25, 0.3) is 6.08 Å². The number of hydrogen-bond acceptors (Lipinski definition) is 5. The van der Waals surface area contributed by atoms with Gasteiger partial charge in [0.05, 0.1) is 11.3 Å². The van der Waals surface area contributed by atoms with Crippen molar-refractivity contribution in [2.75, 3.05) is 7.05 Å². The predicted molar refractivity (Wildman–Crippen MR) is 103 cm³/mol. The number of esters is 1. The Bertz CT molecular complexity index is 927.